The maximum Gasteiger partial charge on any atom is 0.147 e. The minimum atomic E-state index is -2.93. The van der Waals surface area contributed by atoms with Crippen molar-refractivity contribution in [2.24, 2.45) is 11.3 Å². The lowest BCUT2D eigenvalue weighted by Gasteiger charge is -2.19. The summed E-state index contributed by atoms with van der Waals surface area (Å²) in [5, 5.41) is 9.09. The van der Waals surface area contributed by atoms with E-state index in [0.29, 0.717) is 12.3 Å². The van der Waals surface area contributed by atoms with Crippen molar-refractivity contribution in [3.05, 3.63) is 0 Å². The molecule has 0 aromatic heterocycles. The van der Waals surface area contributed by atoms with Crippen LogP contribution in [-0.4, -0.2) is 20.4 Å². The first-order chi connectivity index (χ1) is 6.37. The van der Waals surface area contributed by atoms with Crippen molar-refractivity contribution in [2.45, 2.75) is 32.6 Å². The molecule has 0 aromatic carbocycles. The van der Waals surface area contributed by atoms with Crippen LogP contribution in [0.3, 0.4) is 0 Å². The summed E-state index contributed by atoms with van der Waals surface area (Å²) in [6.45, 7) is 2.12. The average molecular weight is 215 g/mol. The number of sulfone groups is 1. The first kappa shape index (κ1) is 11.5. The quantitative estimate of drug-likeness (QED) is 0.720. The monoisotopic (exact) mass is 215 g/mol. The van der Waals surface area contributed by atoms with E-state index in [1.54, 1.807) is 0 Å². The Morgan fingerprint density at radius 3 is 2.57 bits per heavy atom. The van der Waals surface area contributed by atoms with Gasteiger partial charge in [0.2, 0.25) is 0 Å². The van der Waals surface area contributed by atoms with Gasteiger partial charge in [0.05, 0.1) is 17.2 Å². The molecule has 1 fully saturated rings. The van der Waals surface area contributed by atoms with Crippen molar-refractivity contribution in [3.63, 3.8) is 0 Å². The molecular formula is C10H17NO2S. The Kier molecular flexibility index (Phi) is 3.20. The first-order valence-electron chi connectivity index (χ1n) is 4.96. The summed E-state index contributed by atoms with van der Waals surface area (Å²) in [5.74, 6) is 0.710. The van der Waals surface area contributed by atoms with Crippen molar-refractivity contribution in [1.29, 1.82) is 5.26 Å². The number of rotatable bonds is 3. The predicted molar refractivity (Wildman–Crippen MR) is 55.4 cm³/mol. The topological polar surface area (TPSA) is 57.9 Å². The molecule has 1 saturated carbocycles. The van der Waals surface area contributed by atoms with Crippen LogP contribution in [0.25, 0.3) is 0 Å². The van der Waals surface area contributed by atoms with Gasteiger partial charge < -0.3 is 0 Å². The van der Waals surface area contributed by atoms with Crippen LogP contribution in [0.4, 0.5) is 0 Å². The summed E-state index contributed by atoms with van der Waals surface area (Å²) >= 11 is 0. The number of hydrogen-bond acceptors (Lipinski definition) is 3. The molecule has 2 atom stereocenters. The highest BCUT2D eigenvalue weighted by Crippen LogP contribution is 2.43. The van der Waals surface area contributed by atoms with Crippen LogP contribution in [0.1, 0.15) is 32.6 Å². The fourth-order valence-electron chi connectivity index (χ4n) is 2.16. The predicted octanol–water partition coefficient (Wildman–Crippen LogP) is 1.75. The fourth-order valence-corrected chi connectivity index (χ4v) is 2.92. The molecule has 0 saturated heterocycles. The molecule has 14 heavy (non-hydrogen) atoms. The van der Waals surface area contributed by atoms with Crippen LogP contribution in [0.5, 0.6) is 0 Å². The molecule has 0 N–H and O–H groups in total. The summed E-state index contributed by atoms with van der Waals surface area (Å²) in [6.07, 6.45) is 4.51. The van der Waals surface area contributed by atoms with Gasteiger partial charge in [-0.2, -0.15) is 5.26 Å². The Balaban J connectivity index is 2.61. The van der Waals surface area contributed by atoms with E-state index in [4.69, 9.17) is 5.26 Å². The van der Waals surface area contributed by atoms with Crippen LogP contribution in [0.15, 0.2) is 0 Å². The van der Waals surface area contributed by atoms with E-state index in [2.05, 4.69) is 13.0 Å². The van der Waals surface area contributed by atoms with Crippen molar-refractivity contribution in [1.82, 2.24) is 0 Å². The lowest BCUT2D eigenvalue weighted by molar-refractivity contribution is 0.380. The Bertz CT molecular complexity index is 342. The Labute approximate surface area is 86.0 Å². The summed E-state index contributed by atoms with van der Waals surface area (Å²) in [4.78, 5) is 0. The summed E-state index contributed by atoms with van der Waals surface area (Å²) in [7, 11) is -2.93. The molecule has 0 bridgehead atoms. The maximum atomic E-state index is 11.0. The third-order valence-electron chi connectivity index (χ3n) is 3.04. The molecule has 1 rings (SSSR count). The average Bonchev–Trinajstić information content (AvgIpc) is 2.44. The van der Waals surface area contributed by atoms with Gasteiger partial charge in [0.15, 0.2) is 0 Å². The van der Waals surface area contributed by atoms with Gasteiger partial charge in [-0.05, 0) is 31.6 Å². The number of nitriles is 1. The summed E-state index contributed by atoms with van der Waals surface area (Å²) < 4.78 is 22.0. The van der Waals surface area contributed by atoms with Gasteiger partial charge >= 0.3 is 0 Å². The van der Waals surface area contributed by atoms with Crippen molar-refractivity contribution < 1.29 is 8.42 Å². The zero-order valence-electron chi connectivity index (χ0n) is 8.78. The Morgan fingerprint density at radius 1 is 1.57 bits per heavy atom. The molecule has 0 heterocycles. The molecule has 0 spiro atoms. The first-order valence-corrected chi connectivity index (χ1v) is 7.02. The SMILES string of the molecule is CC1CCC(C#N)(CCS(C)(=O)=O)C1. The lowest BCUT2D eigenvalue weighted by Crippen LogP contribution is -2.19. The molecular weight excluding hydrogens is 198 g/mol. The highest BCUT2D eigenvalue weighted by Gasteiger charge is 2.37. The van der Waals surface area contributed by atoms with Gasteiger partial charge in [-0.1, -0.05) is 6.92 Å². The van der Waals surface area contributed by atoms with Crippen molar-refractivity contribution in [2.75, 3.05) is 12.0 Å². The van der Waals surface area contributed by atoms with E-state index in [1.165, 1.54) is 6.26 Å². The second-order valence-corrected chi connectivity index (χ2v) is 6.88. The molecule has 0 aromatic rings. The van der Waals surface area contributed by atoms with Crippen molar-refractivity contribution >= 4 is 9.84 Å². The molecule has 0 radical (unpaired) electrons. The van der Waals surface area contributed by atoms with E-state index in [0.717, 1.165) is 19.3 Å². The molecule has 3 nitrogen and oxygen atoms in total. The summed E-state index contributed by atoms with van der Waals surface area (Å²) in [6, 6.07) is 2.32. The molecule has 1 aliphatic carbocycles. The van der Waals surface area contributed by atoms with Crippen LogP contribution < -0.4 is 0 Å². The second-order valence-electron chi connectivity index (χ2n) is 4.62. The van der Waals surface area contributed by atoms with Gasteiger partial charge in [0.1, 0.15) is 9.84 Å². The fraction of sp³-hybridized carbons (Fsp3) is 0.900. The lowest BCUT2D eigenvalue weighted by atomic mass is 9.84. The Hall–Kier alpha value is -0.560. The van der Waals surface area contributed by atoms with Gasteiger partial charge in [-0.3, -0.25) is 0 Å². The van der Waals surface area contributed by atoms with E-state index in [9.17, 15) is 8.42 Å². The Morgan fingerprint density at radius 2 is 2.21 bits per heavy atom. The molecule has 4 heteroatoms. The van der Waals surface area contributed by atoms with Crippen LogP contribution >= 0.6 is 0 Å². The third-order valence-corrected chi connectivity index (χ3v) is 3.99. The maximum absolute atomic E-state index is 11.0. The smallest absolute Gasteiger partial charge is 0.147 e. The molecule has 2 unspecified atom stereocenters. The van der Waals surface area contributed by atoms with Gasteiger partial charge in [-0.15, -0.1) is 0 Å². The van der Waals surface area contributed by atoms with Crippen LogP contribution in [0.2, 0.25) is 0 Å². The van der Waals surface area contributed by atoms with Gasteiger partial charge in [0, 0.05) is 6.26 Å². The minimum absolute atomic E-state index is 0.146. The van der Waals surface area contributed by atoms with E-state index in [-0.39, 0.29) is 11.2 Å². The largest absolute Gasteiger partial charge is 0.229 e. The molecule has 0 aliphatic heterocycles. The highest BCUT2D eigenvalue weighted by atomic mass is 32.2. The summed E-state index contributed by atoms with van der Waals surface area (Å²) in [5.41, 5.74) is -0.359. The van der Waals surface area contributed by atoms with Crippen molar-refractivity contribution in [3.8, 4) is 6.07 Å². The van der Waals surface area contributed by atoms with Gasteiger partial charge in [-0.25, -0.2) is 8.42 Å². The van der Waals surface area contributed by atoms with E-state index in [1.807, 2.05) is 0 Å². The van der Waals surface area contributed by atoms with Crippen LogP contribution in [0, 0.1) is 22.7 Å². The number of hydrogen-bond donors (Lipinski definition) is 0. The zero-order chi connectivity index (χ0) is 10.8. The standard InChI is InChI=1S/C10H17NO2S/c1-9-3-4-10(7-9,8-11)5-6-14(2,12)13/h9H,3-7H2,1-2H3. The zero-order valence-corrected chi connectivity index (χ0v) is 9.60. The van der Waals surface area contributed by atoms with E-state index < -0.39 is 9.84 Å². The van der Waals surface area contributed by atoms with Gasteiger partial charge in [0.25, 0.3) is 0 Å². The molecule has 0 amide bonds. The van der Waals surface area contributed by atoms with Crippen LogP contribution in [-0.2, 0) is 9.84 Å². The number of nitrogens with zero attached hydrogens (tertiary/aromatic N) is 1. The molecule has 80 valence electrons. The highest BCUT2D eigenvalue weighted by molar-refractivity contribution is 7.90. The normalized spacial score (nSPS) is 32.8. The minimum Gasteiger partial charge on any atom is -0.229 e. The second kappa shape index (κ2) is 3.90. The van der Waals surface area contributed by atoms with E-state index >= 15 is 0 Å². The third kappa shape index (κ3) is 2.98. The molecule has 1 aliphatic rings.